The fraction of sp³-hybridized carbons (Fsp3) is 0.565. The van der Waals surface area contributed by atoms with Crippen LogP contribution in [0.5, 0.6) is 11.5 Å². The molecule has 4 aliphatic rings. The van der Waals surface area contributed by atoms with Crippen LogP contribution in [0.1, 0.15) is 55.8 Å². The summed E-state index contributed by atoms with van der Waals surface area (Å²) in [6.07, 6.45) is -8.67. The van der Waals surface area contributed by atoms with E-state index in [2.05, 4.69) is 10.4 Å². The molecule has 2 atom stereocenters. The van der Waals surface area contributed by atoms with Crippen molar-refractivity contribution in [3.63, 3.8) is 0 Å². The first-order valence-corrected chi connectivity index (χ1v) is 11.5. The van der Waals surface area contributed by atoms with Crippen molar-refractivity contribution in [2.75, 3.05) is 6.61 Å². The molecule has 0 radical (unpaired) electrons. The number of hydrogen-bond acceptors (Lipinski definition) is 5. The molecule has 1 amide bonds. The largest absolute Gasteiger partial charge is 0.490 e. The Labute approximate surface area is 205 Å². The van der Waals surface area contributed by atoms with Crippen molar-refractivity contribution in [1.82, 2.24) is 15.1 Å². The lowest BCUT2D eigenvalue weighted by atomic mass is 9.44. The van der Waals surface area contributed by atoms with Crippen LogP contribution in [0.25, 0.3) is 0 Å². The summed E-state index contributed by atoms with van der Waals surface area (Å²) in [5, 5.41) is 17.4. The van der Waals surface area contributed by atoms with Crippen LogP contribution in [0.4, 0.5) is 30.7 Å². The summed E-state index contributed by atoms with van der Waals surface area (Å²) < 4.78 is 102. The number of carbonyl (C=O) groups is 1. The van der Waals surface area contributed by atoms with E-state index in [1.165, 1.54) is 6.20 Å². The number of halogens is 7. The van der Waals surface area contributed by atoms with Gasteiger partial charge in [0.15, 0.2) is 11.9 Å². The quantitative estimate of drug-likeness (QED) is 0.404. The molecular formula is C23H22F7N3O4. The van der Waals surface area contributed by atoms with Crippen molar-refractivity contribution in [2.45, 2.75) is 74.2 Å². The summed E-state index contributed by atoms with van der Waals surface area (Å²) in [4.78, 5) is 12.8. The minimum atomic E-state index is -4.94. The number of aliphatic hydroxyl groups is 1. The van der Waals surface area contributed by atoms with Crippen molar-refractivity contribution in [3.05, 3.63) is 41.5 Å². The molecule has 2 bridgehead atoms. The van der Waals surface area contributed by atoms with Gasteiger partial charge in [-0.25, -0.2) is 4.39 Å². The molecule has 202 valence electrons. The van der Waals surface area contributed by atoms with Crippen LogP contribution in [-0.4, -0.2) is 45.2 Å². The van der Waals surface area contributed by atoms with E-state index in [0.717, 1.165) is 0 Å². The summed E-state index contributed by atoms with van der Waals surface area (Å²) in [6.45, 7) is -0.101. The number of alkyl halides is 6. The highest BCUT2D eigenvalue weighted by molar-refractivity contribution is 5.83. The maximum absolute atomic E-state index is 14.0. The second kappa shape index (κ2) is 8.50. The number of hydrogen-bond donors (Lipinski definition) is 2. The maximum atomic E-state index is 14.0. The lowest BCUT2D eigenvalue weighted by Gasteiger charge is -2.70. The standard InChI is InChI=1S/C23H22F7N3O4/c24-15-5-17-13(4-14(15)23(28,29)30)16(34)6-18(37-17)19(35)32-20-9-21(10-20,11-20)33-8-12(7-31-33)36-3-1-2-22(25,26)27/h4-5,7-8,16,18,34H,1-3,6,9-11H2,(H,32,35)/t16-,18-,20?,21?/m1/s1. The molecule has 37 heavy (non-hydrogen) atoms. The molecule has 14 heteroatoms. The number of amides is 1. The minimum Gasteiger partial charge on any atom is -0.490 e. The summed E-state index contributed by atoms with van der Waals surface area (Å²) in [5.41, 5.74) is -2.67. The first-order chi connectivity index (χ1) is 17.2. The summed E-state index contributed by atoms with van der Waals surface area (Å²) in [5.74, 6) is -2.12. The summed E-state index contributed by atoms with van der Waals surface area (Å²) in [7, 11) is 0. The lowest BCUT2D eigenvalue weighted by Crippen LogP contribution is -2.79. The van der Waals surface area contributed by atoms with Crippen molar-refractivity contribution < 1.29 is 50.1 Å². The summed E-state index contributed by atoms with van der Waals surface area (Å²) in [6, 6.07) is 1.02. The molecule has 2 N–H and O–H groups in total. The zero-order valence-electron chi connectivity index (χ0n) is 19.1. The molecule has 3 saturated carbocycles. The average Bonchev–Trinajstić information content (AvgIpc) is 3.19. The average molecular weight is 537 g/mol. The van der Waals surface area contributed by atoms with Gasteiger partial charge in [-0.15, -0.1) is 0 Å². The molecule has 0 unspecified atom stereocenters. The predicted octanol–water partition coefficient (Wildman–Crippen LogP) is 4.39. The van der Waals surface area contributed by atoms with E-state index < -0.39 is 53.8 Å². The first kappa shape index (κ1) is 25.6. The third-order valence-corrected chi connectivity index (χ3v) is 7.07. The Hall–Kier alpha value is -3.03. The van der Waals surface area contributed by atoms with Crippen LogP contribution in [0.15, 0.2) is 24.5 Å². The Kier molecular flexibility index (Phi) is 5.88. The lowest BCUT2D eigenvalue weighted by molar-refractivity contribution is -0.165. The molecule has 1 aromatic heterocycles. The maximum Gasteiger partial charge on any atom is 0.419 e. The Bertz CT molecular complexity index is 1190. The van der Waals surface area contributed by atoms with E-state index in [-0.39, 0.29) is 36.3 Å². The molecule has 6 rings (SSSR count). The Morgan fingerprint density at radius 1 is 1.22 bits per heavy atom. The topological polar surface area (TPSA) is 85.6 Å². The smallest absolute Gasteiger partial charge is 0.419 e. The zero-order chi connectivity index (χ0) is 26.8. The third kappa shape index (κ3) is 4.82. The number of carbonyl (C=O) groups excluding carboxylic acids is 1. The molecule has 7 nitrogen and oxygen atoms in total. The van der Waals surface area contributed by atoms with Gasteiger partial charge < -0.3 is 19.9 Å². The highest BCUT2D eigenvalue weighted by atomic mass is 19.4. The van der Waals surface area contributed by atoms with Crippen molar-refractivity contribution >= 4 is 5.91 Å². The number of benzene rings is 1. The van der Waals surface area contributed by atoms with Crippen LogP contribution in [0.2, 0.25) is 0 Å². The number of aliphatic hydroxyl groups excluding tert-OH is 1. The monoisotopic (exact) mass is 537 g/mol. The van der Waals surface area contributed by atoms with E-state index in [4.69, 9.17) is 9.47 Å². The Morgan fingerprint density at radius 3 is 2.57 bits per heavy atom. The highest BCUT2D eigenvalue weighted by Gasteiger charge is 2.70. The van der Waals surface area contributed by atoms with E-state index in [0.29, 0.717) is 37.1 Å². The van der Waals surface area contributed by atoms with Crippen LogP contribution in [0.3, 0.4) is 0 Å². The fourth-order valence-corrected chi connectivity index (χ4v) is 5.40. The van der Waals surface area contributed by atoms with E-state index in [1.54, 1.807) is 10.9 Å². The van der Waals surface area contributed by atoms with Gasteiger partial charge in [0.05, 0.1) is 36.2 Å². The molecule has 3 fully saturated rings. The molecule has 0 spiro atoms. The highest BCUT2D eigenvalue weighted by Crippen LogP contribution is 2.65. The van der Waals surface area contributed by atoms with Crippen LogP contribution >= 0.6 is 0 Å². The van der Waals surface area contributed by atoms with Gasteiger partial charge in [0.1, 0.15) is 11.6 Å². The second-order valence-electron chi connectivity index (χ2n) is 9.94. The number of aromatic nitrogens is 2. The second-order valence-corrected chi connectivity index (χ2v) is 9.94. The van der Waals surface area contributed by atoms with Gasteiger partial charge in [-0.1, -0.05) is 0 Å². The van der Waals surface area contributed by atoms with Gasteiger partial charge in [0.2, 0.25) is 0 Å². The van der Waals surface area contributed by atoms with E-state index in [9.17, 15) is 40.6 Å². The number of ether oxygens (including phenoxy) is 2. The van der Waals surface area contributed by atoms with Gasteiger partial charge in [0, 0.05) is 30.0 Å². The van der Waals surface area contributed by atoms with Gasteiger partial charge in [-0.05, 0) is 31.7 Å². The Balaban J connectivity index is 1.15. The zero-order valence-corrected chi connectivity index (χ0v) is 19.1. The van der Waals surface area contributed by atoms with Crippen molar-refractivity contribution in [1.29, 1.82) is 0 Å². The minimum absolute atomic E-state index is 0.101. The molecule has 3 aliphatic carbocycles. The molecular weight excluding hydrogens is 515 g/mol. The van der Waals surface area contributed by atoms with Gasteiger partial charge >= 0.3 is 12.4 Å². The summed E-state index contributed by atoms with van der Waals surface area (Å²) >= 11 is 0. The van der Waals surface area contributed by atoms with Crippen molar-refractivity contribution in [3.8, 4) is 11.5 Å². The molecule has 1 aliphatic heterocycles. The number of nitrogens with one attached hydrogen (secondary N) is 1. The molecule has 2 aromatic rings. The predicted molar refractivity (Wildman–Crippen MR) is 111 cm³/mol. The fourth-order valence-electron chi connectivity index (χ4n) is 5.40. The normalized spacial score (nSPS) is 28.4. The van der Waals surface area contributed by atoms with Gasteiger partial charge in [-0.3, -0.25) is 9.48 Å². The van der Waals surface area contributed by atoms with Crippen molar-refractivity contribution in [2.24, 2.45) is 0 Å². The molecule has 1 aromatic carbocycles. The van der Waals surface area contributed by atoms with E-state index in [1.807, 2.05) is 0 Å². The van der Waals surface area contributed by atoms with Gasteiger partial charge in [-0.2, -0.15) is 31.4 Å². The van der Waals surface area contributed by atoms with E-state index >= 15 is 0 Å². The molecule has 0 saturated heterocycles. The number of rotatable bonds is 7. The SMILES string of the molecule is O=C(NC12CC(n3cc(OCCCC(F)(F)F)cn3)(C1)C2)[C@H]1C[C@@H](O)c2cc(C(F)(F)F)c(F)cc2O1. The number of nitrogens with zero attached hydrogens (tertiary/aromatic N) is 2. The van der Waals surface area contributed by atoms with Gasteiger partial charge in [0.25, 0.3) is 5.91 Å². The molecule has 2 heterocycles. The Morgan fingerprint density at radius 2 is 1.92 bits per heavy atom. The van der Waals surface area contributed by atoms with Crippen LogP contribution < -0.4 is 14.8 Å². The van der Waals surface area contributed by atoms with Crippen LogP contribution in [0, 0.1) is 5.82 Å². The third-order valence-electron chi connectivity index (χ3n) is 7.07. The number of fused-ring (bicyclic) bond motifs is 1. The first-order valence-electron chi connectivity index (χ1n) is 11.5. The van der Waals surface area contributed by atoms with Crippen LogP contribution in [-0.2, 0) is 16.5 Å².